The molecule has 0 radical (unpaired) electrons. The van der Waals surface area contributed by atoms with Crippen molar-refractivity contribution in [1.29, 1.82) is 0 Å². The first-order valence-corrected chi connectivity index (χ1v) is 7.03. The first kappa shape index (κ1) is 14.9. The summed E-state index contributed by atoms with van der Waals surface area (Å²) in [5, 5.41) is 10.6. The maximum Gasteiger partial charge on any atom is 0.273 e. The van der Waals surface area contributed by atoms with Gasteiger partial charge in [-0.15, -0.1) is 11.6 Å². The first-order chi connectivity index (χ1) is 9.49. The van der Waals surface area contributed by atoms with E-state index >= 15 is 0 Å². The third kappa shape index (κ3) is 3.35. The van der Waals surface area contributed by atoms with Gasteiger partial charge in [0.2, 0.25) is 0 Å². The molecule has 20 heavy (non-hydrogen) atoms. The monoisotopic (exact) mass is 357 g/mol. The van der Waals surface area contributed by atoms with Crippen molar-refractivity contribution < 1.29 is 9.31 Å². The van der Waals surface area contributed by atoms with Crippen molar-refractivity contribution in [3.05, 3.63) is 74.0 Å². The number of nitro benzene ring substituents is 1. The van der Waals surface area contributed by atoms with E-state index in [0.29, 0.717) is 0 Å². The molecule has 0 bridgehead atoms. The fourth-order valence-electron chi connectivity index (χ4n) is 1.88. The molecule has 2 aromatic rings. The smallest absolute Gasteiger partial charge is 0.258 e. The van der Waals surface area contributed by atoms with E-state index in [9.17, 15) is 14.5 Å². The van der Waals surface area contributed by atoms with E-state index in [1.807, 2.05) is 30.3 Å². The van der Waals surface area contributed by atoms with Gasteiger partial charge in [-0.3, -0.25) is 10.1 Å². The Kier molecular flexibility index (Phi) is 4.73. The average Bonchev–Trinajstić information content (AvgIpc) is 2.43. The second kappa shape index (κ2) is 6.33. The highest BCUT2D eigenvalue weighted by Gasteiger charge is 2.20. The molecule has 0 saturated heterocycles. The van der Waals surface area contributed by atoms with Gasteiger partial charge >= 0.3 is 0 Å². The Morgan fingerprint density at radius 1 is 1.30 bits per heavy atom. The van der Waals surface area contributed by atoms with Crippen LogP contribution in [0.5, 0.6) is 0 Å². The van der Waals surface area contributed by atoms with Gasteiger partial charge < -0.3 is 0 Å². The van der Waals surface area contributed by atoms with Crippen LogP contribution in [0.1, 0.15) is 16.5 Å². The molecule has 0 aliphatic heterocycles. The van der Waals surface area contributed by atoms with Gasteiger partial charge in [0.05, 0.1) is 14.8 Å². The Bertz CT molecular complexity index is 637. The molecule has 0 fully saturated rings. The molecule has 2 aromatic carbocycles. The summed E-state index contributed by atoms with van der Waals surface area (Å²) < 4.78 is 13.6. The van der Waals surface area contributed by atoms with Gasteiger partial charge in [-0.1, -0.05) is 30.3 Å². The number of alkyl halides is 1. The summed E-state index contributed by atoms with van der Waals surface area (Å²) in [6, 6.07) is 11.5. The van der Waals surface area contributed by atoms with Crippen LogP contribution in [0.2, 0.25) is 0 Å². The van der Waals surface area contributed by atoms with E-state index in [1.54, 1.807) is 0 Å². The molecule has 0 spiro atoms. The van der Waals surface area contributed by atoms with Crippen LogP contribution >= 0.6 is 27.5 Å². The summed E-state index contributed by atoms with van der Waals surface area (Å²) in [5.41, 5.74) is 0.978. The van der Waals surface area contributed by atoms with Gasteiger partial charge in [0, 0.05) is 11.6 Å². The highest BCUT2D eigenvalue weighted by atomic mass is 79.9. The van der Waals surface area contributed by atoms with Gasteiger partial charge in [-0.2, -0.15) is 0 Å². The van der Waals surface area contributed by atoms with Crippen LogP contribution < -0.4 is 0 Å². The van der Waals surface area contributed by atoms with Crippen molar-refractivity contribution >= 4 is 33.2 Å². The number of hydrogen-bond acceptors (Lipinski definition) is 2. The second-order valence-corrected chi connectivity index (χ2v) is 5.62. The van der Waals surface area contributed by atoms with Crippen molar-refractivity contribution in [1.82, 2.24) is 0 Å². The Balaban J connectivity index is 2.33. The van der Waals surface area contributed by atoms with Gasteiger partial charge in [0.25, 0.3) is 5.69 Å². The normalized spacial score (nSPS) is 12.2. The summed E-state index contributed by atoms with van der Waals surface area (Å²) in [5.74, 6) is -0.539. The summed E-state index contributed by atoms with van der Waals surface area (Å²) in [4.78, 5) is 10.5. The number of rotatable bonds is 4. The fraction of sp³-hybridized carbons (Fsp3) is 0.143. The van der Waals surface area contributed by atoms with Crippen LogP contribution in [0, 0.1) is 15.9 Å². The van der Waals surface area contributed by atoms with Crippen molar-refractivity contribution in [3.8, 4) is 0 Å². The predicted octanol–water partition coefficient (Wildman–Crippen LogP) is 5.02. The first-order valence-electron chi connectivity index (χ1n) is 5.80. The molecule has 104 valence electrons. The molecular formula is C14H10BrClFNO2. The third-order valence-electron chi connectivity index (χ3n) is 2.88. The van der Waals surface area contributed by atoms with Crippen molar-refractivity contribution in [2.75, 3.05) is 0 Å². The van der Waals surface area contributed by atoms with Gasteiger partial charge in [-0.05, 0) is 34.0 Å². The minimum absolute atomic E-state index is 0.0683. The second-order valence-electron chi connectivity index (χ2n) is 4.23. The SMILES string of the molecule is O=[N+]([O-])c1cc(Br)c(F)cc1CC(Cl)c1ccccc1. The Hall–Kier alpha value is -1.46. The molecule has 0 amide bonds. The summed E-state index contributed by atoms with van der Waals surface area (Å²) in [6.07, 6.45) is 0.187. The van der Waals surface area contributed by atoms with Crippen LogP contribution in [0.25, 0.3) is 0 Å². The zero-order valence-corrected chi connectivity index (χ0v) is 12.6. The molecule has 0 heterocycles. The lowest BCUT2D eigenvalue weighted by Crippen LogP contribution is -2.01. The standard InChI is InChI=1S/C14H10BrClFNO2/c15-11-8-14(18(19)20)10(7-13(11)17)6-12(16)9-4-2-1-3-5-9/h1-5,7-8,12H,6H2. The lowest BCUT2D eigenvalue weighted by Gasteiger charge is -2.10. The fourth-order valence-corrected chi connectivity index (χ4v) is 2.53. The van der Waals surface area contributed by atoms with Crippen LogP contribution in [-0.2, 0) is 6.42 Å². The number of benzene rings is 2. The molecule has 2 rings (SSSR count). The van der Waals surface area contributed by atoms with Crippen LogP contribution in [0.3, 0.4) is 0 Å². The Morgan fingerprint density at radius 2 is 1.95 bits per heavy atom. The van der Waals surface area contributed by atoms with Gasteiger partial charge in [0.1, 0.15) is 5.82 Å². The van der Waals surface area contributed by atoms with Crippen molar-refractivity contribution in [2.45, 2.75) is 11.8 Å². The Morgan fingerprint density at radius 3 is 2.55 bits per heavy atom. The van der Waals surface area contributed by atoms with Crippen molar-refractivity contribution in [2.24, 2.45) is 0 Å². The molecule has 1 unspecified atom stereocenters. The van der Waals surface area contributed by atoms with E-state index < -0.39 is 16.1 Å². The van der Waals surface area contributed by atoms with Crippen LogP contribution in [0.4, 0.5) is 10.1 Å². The molecule has 6 heteroatoms. The highest BCUT2D eigenvalue weighted by molar-refractivity contribution is 9.10. The largest absolute Gasteiger partial charge is 0.273 e. The molecular weight excluding hydrogens is 349 g/mol. The average molecular weight is 359 g/mol. The topological polar surface area (TPSA) is 43.1 Å². The van der Waals surface area contributed by atoms with E-state index in [1.165, 1.54) is 6.07 Å². The zero-order valence-electron chi connectivity index (χ0n) is 10.2. The zero-order chi connectivity index (χ0) is 14.7. The minimum atomic E-state index is -0.539. The number of hydrogen-bond donors (Lipinski definition) is 0. The third-order valence-corrected chi connectivity index (χ3v) is 3.89. The maximum absolute atomic E-state index is 13.6. The van der Waals surface area contributed by atoms with E-state index in [2.05, 4.69) is 15.9 Å². The molecule has 0 aliphatic carbocycles. The maximum atomic E-state index is 13.6. The number of halogens is 3. The lowest BCUT2D eigenvalue weighted by atomic mass is 10.0. The molecule has 0 aliphatic rings. The van der Waals surface area contributed by atoms with E-state index in [4.69, 9.17) is 11.6 Å². The van der Waals surface area contributed by atoms with Gasteiger partial charge in [-0.25, -0.2) is 4.39 Å². The summed E-state index contributed by atoms with van der Waals surface area (Å²) in [7, 11) is 0. The van der Waals surface area contributed by atoms with E-state index in [-0.39, 0.29) is 22.1 Å². The van der Waals surface area contributed by atoms with Crippen molar-refractivity contribution in [3.63, 3.8) is 0 Å². The van der Waals surface area contributed by atoms with Crippen LogP contribution in [-0.4, -0.2) is 4.92 Å². The van der Waals surface area contributed by atoms with Crippen LogP contribution in [0.15, 0.2) is 46.9 Å². The molecule has 0 N–H and O–H groups in total. The van der Waals surface area contributed by atoms with E-state index in [0.717, 1.165) is 11.6 Å². The molecule has 0 aromatic heterocycles. The Labute approximate surface area is 128 Å². The highest BCUT2D eigenvalue weighted by Crippen LogP contribution is 2.32. The summed E-state index contributed by atoms with van der Waals surface area (Å²) >= 11 is 9.20. The number of nitro groups is 1. The summed E-state index contributed by atoms with van der Waals surface area (Å²) in [6.45, 7) is 0. The molecule has 3 nitrogen and oxygen atoms in total. The minimum Gasteiger partial charge on any atom is -0.258 e. The molecule has 1 atom stereocenters. The quantitative estimate of drug-likeness (QED) is 0.437. The number of nitrogens with zero attached hydrogens (tertiary/aromatic N) is 1. The lowest BCUT2D eigenvalue weighted by molar-refractivity contribution is -0.385. The molecule has 0 saturated carbocycles. The van der Waals surface area contributed by atoms with Gasteiger partial charge in [0.15, 0.2) is 0 Å². The predicted molar refractivity (Wildman–Crippen MR) is 79.5 cm³/mol.